The molecule has 0 aliphatic rings. The van der Waals surface area contributed by atoms with Gasteiger partial charge in [0, 0.05) is 26.1 Å². The summed E-state index contributed by atoms with van der Waals surface area (Å²) in [6, 6.07) is 0. The molecule has 15 heavy (non-hydrogen) atoms. The smallest absolute Gasteiger partial charge is 0.221 e. The Labute approximate surface area is 92.7 Å². The first kappa shape index (κ1) is 14.4. The maximum atomic E-state index is 11.3. The van der Waals surface area contributed by atoms with E-state index in [1.54, 1.807) is 0 Å². The third kappa shape index (κ3) is 11.3. The number of aliphatic hydroxyl groups excluding tert-OH is 1. The van der Waals surface area contributed by atoms with Gasteiger partial charge in [0.15, 0.2) is 0 Å². The zero-order valence-electron chi connectivity index (χ0n) is 9.96. The van der Waals surface area contributed by atoms with Crippen LogP contribution in [-0.2, 0) is 4.79 Å². The predicted molar refractivity (Wildman–Crippen MR) is 61.7 cm³/mol. The maximum Gasteiger partial charge on any atom is 0.221 e. The van der Waals surface area contributed by atoms with Gasteiger partial charge in [-0.2, -0.15) is 0 Å². The number of hydrogen-bond acceptors (Lipinski definition) is 3. The van der Waals surface area contributed by atoms with E-state index in [4.69, 9.17) is 5.11 Å². The Morgan fingerprint density at radius 1 is 1.20 bits per heavy atom. The highest BCUT2D eigenvalue weighted by atomic mass is 16.2. The molecule has 0 rings (SSSR count). The van der Waals surface area contributed by atoms with Gasteiger partial charge in [0.1, 0.15) is 0 Å². The first-order valence-corrected chi connectivity index (χ1v) is 5.69. The number of aliphatic hydroxyl groups is 1. The second-order valence-corrected chi connectivity index (χ2v) is 4.04. The summed E-state index contributed by atoms with van der Waals surface area (Å²) in [5, 5.41) is 11.4. The SMILES string of the molecule is CN(C)CCC(=O)NCCCCCCO. The van der Waals surface area contributed by atoms with Gasteiger partial charge < -0.3 is 15.3 Å². The summed E-state index contributed by atoms with van der Waals surface area (Å²) in [7, 11) is 3.92. The van der Waals surface area contributed by atoms with Gasteiger partial charge in [-0.15, -0.1) is 0 Å². The monoisotopic (exact) mass is 216 g/mol. The van der Waals surface area contributed by atoms with E-state index in [1.807, 2.05) is 19.0 Å². The number of carbonyl (C=O) groups excluding carboxylic acids is 1. The quantitative estimate of drug-likeness (QED) is 0.555. The third-order valence-corrected chi connectivity index (χ3v) is 2.19. The van der Waals surface area contributed by atoms with Crippen LogP contribution in [0.4, 0.5) is 0 Å². The van der Waals surface area contributed by atoms with Crippen LogP contribution >= 0.6 is 0 Å². The Bertz CT molecular complexity index is 161. The van der Waals surface area contributed by atoms with Crippen LogP contribution in [0.3, 0.4) is 0 Å². The lowest BCUT2D eigenvalue weighted by Crippen LogP contribution is -2.28. The Balaban J connectivity index is 3.17. The highest BCUT2D eigenvalue weighted by molar-refractivity contribution is 5.75. The van der Waals surface area contributed by atoms with Gasteiger partial charge in [0.2, 0.25) is 5.91 Å². The lowest BCUT2D eigenvalue weighted by atomic mass is 10.2. The number of nitrogens with one attached hydrogen (secondary N) is 1. The van der Waals surface area contributed by atoms with Crippen molar-refractivity contribution >= 4 is 5.91 Å². The first-order valence-electron chi connectivity index (χ1n) is 5.69. The summed E-state index contributed by atoms with van der Waals surface area (Å²) in [6.45, 7) is 1.84. The molecule has 4 heteroatoms. The molecule has 4 nitrogen and oxygen atoms in total. The molecule has 0 aromatic rings. The van der Waals surface area contributed by atoms with Crippen molar-refractivity contribution in [3.8, 4) is 0 Å². The molecule has 0 saturated heterocycles. The molecule has 0 aromatic heterocycles. The number of hydrogen-bond donors (Lipinski definition) is 2. The lowest BCUT2D eigenvalue weighted by molar-refractivity contribution is -0.121. The molecule has 90 valence electrons. The summed E-state index contributed by atoms with van der Waals surface area (Å²) < 4.78 is 0. The van der Waals surface area contributed by atoms with Crippen molar-refractivity contribution in [2.24, 2.45) is 0 Å². The van der Waals surface area contributed by atoms with Crippen molar-refractivity contribution in [3.63, 3.8) is 0 Å². The van der Waals surface area contributed by atoms with Gasteiger partial charge in [0.05, 0.1) is 0 Å². The summed E-state index contributed by atoms with van der Waals surface area (Å²) in [5.41, 5.74) is 0. The van der Waals surface area contributed by atoms with Crippen molar-refractivity contribution in [2.45, 2.75) is 32.1 Å². The minimum absolute atomic E-state index is 0.130. The molecule has 1 amide bonds. The van der Waals surface area contributed by atoms with Crippen molar-refractivity contribution in [3.05, 3.63) is 0 Å². The topological polar surface area (TPSA) is 52.6 Å². The van der Waals surface area contributed by atoms with Crippen LogP contribution in [0.2, 0.25) is 0 Å². The molecule has 2 N–H and O–H groups in total. The van der Waals surface area contributed by atoms with E-state index in [-0.39, 0.29) is 12.5 Å². The molecule has 0 heterocycles. The molecule has 0 saturated carbocycles. The normalized spacial score (nSPS) is 10.7. The summed E-state index contributed by atoms with van der Waals surface area (Å²) in [4.78, 5) is 13.3. The van der Waals surface area contributed by atoms with Gasteiger partial charge in [-0.1, -0.05) is 12.8 Å². The largest absolute Gasteiger partial charge is 0.396 e. The predicted octanol–water partition coefficient (Wildman–Crippen LogP) is 0.607. The number of amides is 1. The molecule has 0 radical (unpaired) electrons. The molecular weight excluding hydrogens is 192 g/mol. The van der Waals surface area contributed by atoms with Gasteiger partial charge >= 0.3 is 0 Å². The Kier molecular flexibility index (Phi) is 9.52. The van der Waals surface area contributed by atoms with Crippen LogP contribution in [0.5, 0.6) is 0 Å². The van der Waals surface area contributed by atoms with Crippen molar-refractivity contribution in [2.75, 3.05) is 33.8 Å². The van der Waals surface area contributed by atoms with Crippen LogP contribution in [0, 0.1) is 0 Å². The van der Waals surface area contributed by atoms with Crippen LogP contribution in [-0.4, -0.2) is 49.7 Å². The van der Waals surface area contributed by atoms with E-state index in [1.165, 1.54) is 0 Å². The minimum Gasteiger partial charge on any atom is -0.396 e. The fourth-order valence-electron chi connectivity index (χ4n) is 1.23. The van der Waals surface area contributed by atoms with E-state index in [9.17, 15) is 4.79 Å². The van der Waals surface area contributed by atoms with E-state index < -0.39 is 0 Å². The summed E-state index contributed by atoms with van der Waals surface area (Å²) >= 11 is 0. The van der Waals surface area contributed by atoms with E-state index in [0.717, 1.165) is 38.8 Å². The molecule has 0 aliphatic carbocycles. The van der Waals surface area contributed by atoms with Crippen molar-refractivity contribution in [1.82, 2.24) is 10.2 Å². The number of carbonyl (C=O) groups is 1. The van der Waals surface area contributed by atoms with Crippen molar-refractivity contribution < 1.29 is 9.90 Å². The molecule has 0 spiro atoms. The molecular formula is C11H24N2O2. The maximum absolute atomic E-state index is 11.3. The van der Waals surface area contributed by atoms with Gasteiger partial charge in [0.25, 0.3) is 0 Å². The Morgan fingerprint density at radius 2 is 1.87 bits per heavy atom. The zero-order chi connectivity index (χ0) is 11.5. The van der Waals surface area contributed by atoms with Gasteiger partial charge in [-0.05, 0) is 26.9 Å². The fraction of sp³-hybridized carbons (Fsp3) is 0.909. The average molecular weight is 216 g/mol. The molecule has 0 atom stereocenters. The van der Waals surface area contributed by atoms with E-state index >= 15 is 0 Å². The molecule has 0 unspecified atom stereocenters. The van der Waals surface area contributed by atoms with Crippen LogP contribution in [0.15, 0.2) is 0 Å². The summed E-state index contributed by atoms with van der Waals surface area (Å²) in [5.74, 6) is 0.130. The summed E-state index contributed by atoms with van der Waals surface area (Å²) in [6.07, 6.45) is 4.57. The lowest BCUT2D eigenvalue weighted by Gasteiger charge is -2.09. The highest BCUT2D eigenvalue weighted by Crippen LogP contribution is 1.97. The van der Waals surface area contributed by atoms with E-state index in [2.05, 4.69) is 5.32 Å². The molecule has 0 aromatic carbocycles. The zero-order valence-corrected chi connectivity index (χ0v) is 9.96. The van der Waals surface area contributed by atoms with Crippen LogP contribution in [0.1, 0.15) is 32.1 Å². The Morgan fingerprint density at radius 3 is 2.47 bits per heavy atom. The fourth-order valence-corrected chi connectivity index (χ4v) is 1.23. The van der Waals surface area contributed by atoms with E-state index in [0.29, 0.717) is 6.42 Å². The van der Waals surface area contributed by atoms with Gasteiger partial charge in [-0.3, -0.25) is 4.79 Å². The van der Waals surface area contributed by atoms with Crippen LogP contribution < -0.4 is 5.32 Å². The third-order valence-electron chi connectivity index (χ3n) is 2.19. The minimum atomic E-state index is 0.130. The second kappa shape index (κ2) is 9.93. The first-order chi connectivity index (χ1) is 7.16. The number of rotatable bonds is 9. The second-order valence-electron chi connectivity index (χ2n) is 4.04. The van der Waals surface area contributed by atoms with Crippen LogP contribution in [0.25, 0.3) is 0 Å². The molecule has 0 fully saturated rings. The highest BCUT2D eigenvalue weighted by Gasteiger charge is 2.00. The Hall–Kier alpha value is -0.610. The molecule has 0 bridgehead atoms. The number of unbranched alkanes of at least 4 members (excludes halogenated alkanes) is 3. The van der Waals surface area contributed by atoms with Crippen molar-refractivity contribution in [1.29, 1.82) is 0 Å². The molecule has 0 aliphatic heterocycles. The standard InChI is InChI=1S/C11H24N2O2/c1-13(2)9-7-11(15)12-8-5-3-4-6-10-14/h14H,3-10H2,1-2H3,(H,12,15). The number of nitrogens with zero attached hydrogens (tertiary/aromatic N) is 1. The average Bonchev–Trinajstić information content (AvgIpc) is 2.20. The van der Waals surface area contributed by atoms with Gasteiger partial charge in [-0.25, -0.2) is 0 Å².